The average molecular weight is 223 g/mol. The van der Waals surface area contributed by atoms with E-state index in [4.69, 9.17) is 0 Å². The first-order valence-electron chi connectivity index (χ1n) is 6.13. The minimum Gasteiger partial charge on any atom is -0.280 e. The van der Waals surface area contributed by atoms with E-state index in [2.05, 4.69) is 15.2 Å². The van der Waals surface area contributed by atoms with Gasteiger partial charge in [-0.25, -0.2) is 4.98 Å². The van der Waals surface area contributed by atoms with Crippen LogP contribution in [-0.4, -0.2) is 15.2 Å². The standard InChI is InChI=1S/C7H7N3.3C2H6/c1-5-6-3-2-4-8-7(6)10-9-5;3*1-2/h2-4H,1H3,(H,8,9,10);3*1-2H3. The fourth-order valence-electron chi connectivity index (χ4n) is 0.976. The van der Waals surface area contributed by atoms with Crippen LogP contribution < -0.4 is 0 Å². The number of hydrogen-bond donors (Lipinski definition) is 1. The first-order valence-corrected chi connectivity index (χ1v) is 6.13. The summed E-state index contributed by atoms with van der Waals surface area (Å²) in [5.41, 5.74) is 1.86. The molecule has 0 aromatic carbocycles. The third-order valence-electron chi connectivity index (χ3n) is 1.52. The molecular weight excluding hydrogens is 198 g/mol. The van der Waals surface area contributed by atoms with Crippen molar-refractivity contribution in [3.63, 3.8) is 0 Å². The van der Waals surface area contributed by atoms with Gasteiger partial charge in [-0.15, -0.1) is 0 Å². The molecule has 3 heteroatoms. The Kier molecular flexibility index (Phi) is 12.4. The molecule has 0 unspecified atom stereocenters. The Bertz CT molecular complexity index is 353. The zero-order chi connectivity index (χ0) is 13.0. The maximum atomic E-state index is 4.06. The number of nitrogens with zero attached hydrogens (tertiary/aromatic N) is 2. The summed E-state index contributed by atoms with van der Waals surface area (Å²) in [6, 6.07) is 3.91. The lowest BCUT2D eigenvalue weighted by atomic mass is 10.3. The van der Waals surface area contributed by atoms with Crippen molar-refractivity contribution in [1.82, 2.24) is 15.2 Å². The predicted octanol–water partition coefficient (Wildman–Crippen LogP) is 4.34. The van der Waals surface area contributed by atoms with Crippen molar-refractivity contribution in [3.05, 3.63) is 24.0 Å². The van der Waals surface area contributed by atoms with Gasteiger partial charge in [-0.1, -0.05) is 41.5 Å². The largest absolute Gasteiger partial charge is 0.280 e. The molecule has 0 radical (unpaired) electrons. The lowest BCUT2D eigenvalue weighted by Gasteiger charge is -1.83. The van der Waals surface area contributed by atoms with Crippen LogP contribution in [0.1, 0.15) is 47.2 Å². The van der Waals surface area contributed by atoms with E-state index < -0.39 is 0 Å². The Morgan fingerprint density at radius 2 is 1.56 bits per heavy atom. The molecule has 0 spiro atoms. The predicted molar refractivity (Wildman–Crippen MR) is 72.7 cm³/mol. The topological polar surface area (TPSA) is 41.6 Å². The molecule has 1 N–H and O–H groups in total. The maximum Gasteiger partial charge on any atom is 0.181 e. The summed E-state index contributed by atoms with van der Waals surface area (Å²) >= 11 is 0. The van der Waals surface area contributed by atoms with Gasteiger partial charge in [-0.05, 0) is 19.1 Å². The molecule has 2 aromatic rings. The molecule has 2 heterocycles. The summed E-state index contributed by atoms with van der Waals surface area (Å²) in [7, 11) is 0. The summed E-state index contributed by atoms with van der Waals surface area (Å²) in [6.07, 6.45) is 1.74. The van der Waals surface area contributed by atoms with Crippen molar-refractivity contribution in [2.45, 2.75) is 48.5 Å². The number of fused-ring (bicyclic) bond motifs is 1. The molecule has 2 rings (SSSR count). The number of nitrogens with one attached hydrogen (secondary N) is 1. The Hall–Kier alpha value is -1.38. The zero-order valence-corrected chi connectivity index (χ0v) is 11.6. The number of H-pyrrole nitrogens is 1. The van der Waals surface area contributed by atoms with Gasteiger partial charge < -0.3 is 0 Å². The van der Waals surface area contributed by atoms with Crippen molar-refractivity contribution in [1.29, 1.82) is 0 Å². The molecule has 0 fully saturated rings. The number of hydrogen-bond acceptors (Lipinski definition) is 2. The van der Waals surface area contributed by atoms with Crippen LogP contribution in [0.2, 0.25) is 0 Å². The van der Waals surface area contributed by atoms with E-state index in [1.54, 1.807) is 6.20 Å². The van der Waals surface area contributed by atoms with Crippen LogP contribution in [0.4, 0.5) is 0 Å². The SMILES string of the molecule is CC.CC.CC.Cc1[nH]nc2ncccc12. The van der Waals surface area contributed by atoms with Crippen LogP contribution in [0.25, 0.3) is 11.0 Å². The molecule has 16 heavy (non-hydrogen) atoms. The lowest BCUT2D eigenvalue weighted by Crippen LogP contribution is -1.72. The molecule has 92 valence electrons. The Balaban J connectivity index is 0. The van der Waals surface area contributed by atoms with E-state index in [1.807, 2.05) is 60.6 Å². The van der Waals surface area contributed by atoms with Gasteiger partial charge in [0.2, 0.25) is 0 Å². The summed E-state index contributed by atoms with van der Waals surface area (Å²) in [6.45, 7) is 14.0. The van der Waals surface area contributed by atoms with Crippen LogP contribution in [0.5, 0.6) is 0 Å². The molecule has 0 amide bonds. The van der Waals surface area contributed by atoms with Gasteiger partial charge >= 0.3 is 0 Å². The number of aryl methyl sites for hydroxylation is 1. The molecule has 0 bridgehead atoms. The fourth-order valence-corrected chi connectivity index (χ4v) is 0.976. The van der Waals surface area contributed by atoms with Gasteiger partial charge in [0.05, 0.1) is 0 Å². The molecule has 0 saturated heterocycles. The van der Waals surface area contributed by atoms with Crippen LogP contribution in [0.15, 0.2) is 18.3 Å². The summed E-state index contributed by atoms with van der Waals surface area (Å²) < 4.78 is 0. The van der Waals surface area contributed by atoms with Crippen molar-refractivity contribution in [2.75, 3.05) is 0 Å². The van der Waals surface area contributed by atoms with E-state index in [0.717, 1.165) is 16.7 Å². The molecule has 0 aliphatic carbocycles. The van der Waals surface area contributed by atoms with Gasteiger partial charge in [-0.2, -0.15) is 5.10 Å². The highest BCUT2D eigenvalue weighted by molar-refractivity contribution is 5.76. The zero-order valence-electron chi connectivity index (χ0n) is 11.6. The van der Waals surface area contributed by atoms with Gasteiger partial charge in [0.15, 0.2) is 5.65 Å². The highest BCUT2D eigenvalue weighted by Crippen LogP contribution is 2.09. The van der Waals surface area contributed by atoms with Gasteiger partial charge in [0, 0.05) is 17.3 Å². The quantitative estimate of drug-likeness (QED) is 0.721. The van der Waals surface area contributed by atoms with Gasteiger partial charge in [0.25, 0.3) is 0 Å². The Morgan fingerprint density at radius 1 is 1.00 bits per heavy atom. The fraction of sp³-hybridized carbons (Fsp3) is 0.538. The molecule has 0 atom stereocenters. The Labute approximate surface area is 99.3 Å². The van der Waals surface area contributed by atoms with Crippen LogP contribution in [0.3, 0.4) is 0 Å². The van der Waals surface area contributed by atoms with E-state index in [-0.39, 0.29) is 0 Å². The average Bonchev–Trinajstić information content (AvgIpc) is 2.79. The monoisotopic (exact) mass is 223 g/mol. The summed E-state index contributed by atoms with van der Waals surface area (Å²) in [5, 5.41) is 7.95. The van der Waals surface area contributed by atoms with Gasteiger partial charge in [-0.3, -0.25) is 5.10 Å². The molecule has 3 nitrogen and oxygen atoms in total. The molecule has 0 saturated carbocycles. The van der Waals surface area contributed by atoms with Crippen LogP contribution >= 0.6 is 0 Å². The first-order chi connectivity index (χ1) is 7.88. The van der Waals surface area contributed by atoms with Crippen LogP contribution in [-0.2, 0) is 0 Å². The lowest BCUT2D eigenvalue weighted by molar-refractivity contribution is 1.05. The smallest absolute Gasteiger partial charge is 0.181 e. The van der Waals surface area contributed by atoms with Crippen molar-refractivity contribution >= 4 is 11.0 Å². The minimum absolute atomic E-state index is 0.792. The number of aromatic amines is 1. The van der Waals surface area contributed by atoms with E-state index in [9.17, 15) is 0 Å². The second-order valence-corrected chi connectivity index (χ2v) is 2.22. The second-order valence-electron chi connectivity index (χ2n) is 2.22. The van der Waals surface area contributed by atoms with E-state index in [0.29, 0.717) is 0 Å². The molecule has 0 aliphatic rings. The maximum absolute atomic E-state index is 4.06. The highest BCUT2D eigenvalue weighted by atomic mass is 15.1. The van der Waals surface area contributed by atoms with Crippen molar-refractivity contribution in [2.24, 2.45) is 0 Å². The summed E-state index contributed by atoms with van der Waals surface area (Å²) in [5.74, 6) is 0. The Morgan fingerprint density at radius 3 is 2.06 bits per heavy atom. The third-order valence-corrected chi connectivity index (χ3v) is 1.52. The van der Waals surface area contributed by atoms with Crippen molar-refractivity contribution in [3.8, 4) is 0 Å². The summed E-state index contributed by atoms with van der Waals surface area (Å²) in [4.78, 5) is 4.06. The molecular formula is C13H25N3. The van der Waals surface area contributed by atoms with E-state index in [1.165, 1.54) is 0 Å². The van der Waals surface area contributed by atoms with Gasteiger partial charge in [0.1, 0.15) is 0 Å². The van der Waals surface area contributed by atoms with Crippen LogP contribution in [0, 0.1) is 6.92 Å². The molecule has 2 aromatic heterocycles. The van der Waals surface area contributed by atoms with Crippen molar-refractivity contribution < 1.29 is 0 Å². The molecule has 0 aliphatic heterocycles. The highest BCUT2D eigenvalue weighted by Gasteiger charge is 1.97. The second kappa shape index (κ2) is 11.7. The third kappa shape index (κ3) is 4.91. The number of rotatable bonds is 0. The minimum atomic E-state index is 0.792. The number of aromatic nitrogens is 3. The van der Waals surface area contributed by atoms with E-state index >= 15 is 0 Å². The first kappa shape index (κ1) is 17.0. The number of pyridine rings is 1. The normalized spacial score (nSPS) is 7.69.